The number of carbonyl (C=O) groups excluding carboxylic acids is 2. The van der Waals surface area contributed by atoms with E-state index >= 15 is 0 Å². The molecule has 7 nitrogen and oxygen atoms in total. The molecule has 8 heteroatoms. The fourth-order valence-electron chi connectivity index (χ4n) is 3.25. The molecule has 0 unspecified atom stereocenters. The number of nitrogens with zero attached hydrogens (tertiary/aromatic N) is 1. The first kappa shape index (κ1) is 15.6. The van der Waals surface area contributed by atoms with Gasteiger partial charge in [-0.25, -0.2) is 9.59 Å². The number of hydrogen-bond acceptors (Lipinski definition) is 4. The minimum atomic E-state index is -0.966. The third-order valence-corrected chi connectivity index (χ3v) is 5.61. The Balaban J connectivity index is 1.72. The van der Waals surface area contributed by atoms with Crippen molar-refractivity contribution in [2.24, 2.45) is 0 Å². The zero-order valence-electron chi connectivity index (χ0n) is 13.1. The van der Waals surface area contributed by atoms with E-state index in [4.69, 9.17) is 5.11 Å². The molecule has 2 aromatic rings. The number of thiophene rings is 1. The largest absolute Gasteiger partial charge is 0.477 e. The minimum Gasteiger partial charge on any atom is -0.477 e. The van der Waals surface area contributed by atoms with Crippen molar-refractivity contribution >= 4 is 40.6 Å². The fourth-order valence-corrected chi connectivity index (χ4v) is 4.21. The fraction of sp³-hybridized carbons (Fsp3) is 0.235. The van der Waals surface area contributed by atoms with Crippen LogP contribution in [0.15, 0.2) is 30.3 Å². The molecule has 1 atom stereocenters. The summed E-state index contributed by atoms with van der Waals surface area (Å²) in [6.45, 7) is 1.18. The summed E-state index contributed by atoms with van der Waals surface area (Å²) < 4.78 is 0. The Morgan fingerprint density at radius 1 is 1.24 bits per heavy atom. The van der Waals surface area contributed by atoms with E-state index in [0.717, 1.165) is 16.1 Å². The standard InChI is InChI=1S/C17H15N3O4S/c21-15-8-11(13-3-4-14(25-13)16(22)23)10-2-1-9(7-12(10)19-15)20-6-5-18-17(20)24/h1-4,7,11H,5-6,8H2,(H,18,24)(H,19,21)(H,22,23)/t11-/m1/s1. The summed E-state index contributed by atoms with van der Waals surface area (Å²) >= 11 is 1.19. The average Bonchev–Trinajstić information content (AvgIpc) is 3.22. The van der Waals surface area contributed by atoms with Crippen molar-refractivity contribution in [2.45, 2.75) is 12.3 Å². The van der Waals surface area contributed by atoms with Gasteiger partial charge in [-0.15, -0.1) is 11.3 Å². The molecular formula is C17H15N3O4S. The molecule has 1 saturated heterocycles. The van der Waals surface area contributed by atoms with E-state index in [1.165, 1.54) is 11.3 Å². The zero-order valence-corrected chi connectivity index (χ0v) is 13.9. The lowest BCUT2D eigenvalue weighted by Gasteiger charge is -2.26. The van der Waals surface area contributed by atoms with Crippen LogP contribution in [0.3, 0.4) is 0 Å². The molecule has 0 radical (unpaired) electrons. The first-order valence-electron chi connectivity index (χ1n) is 7.85. The third kappa shape index (κ3) is 2.74. The zero-order chi connectivity index (χ0) is 17.6. The van der Waals surface area contributed by atoms with Crippen LogP contribution in [0.4, 0.5) is 16.2 Å². The normalized spacial score (nSPS) is 19.4. The third-order valence-electron chi connectivity index (χ3n) is 4.43. The van der Waals surface area contributed by atoms with E-state index in [9.17, 15) is 14.4 Å². The number of carbonyl (C=O) groups is 3. The molecule has 3 heterocycles. The molecule has 4 rings (SSSR count). The molecule has 1 aromatic heterocycles. The molecule has 3 amide bonds. The second-order valence-corrected chi connectivity index (χ2v) is 7.08. The second-order valence-electron chi connectivity index (χ2n) is 5.97. The Hall–Kier alpha value is -2.87. The molecule has 128 valence electrons. The van der Waals surface area contributed by atoms with Gasteiger partial charge in [-0.2, -0.15) is 0 Å². The summed E-state index contributed by atoms with van der Waals surface area (Å²) in [7, 11) is 0. The quantitative estimate of drug-likeness (QED) is 0.786. The van der Waals surface area contributed by atoms with E-state index in [1.54, 1.807) is 23.1 Å². The molecule has 0 spiro atoms. The highest BCUT2D eigenvalue weighted by Gasteiger charge is 2.30. The Labute approximate surface area is 147 Å². The number of benzene rings is 1. The van der Waals surface area contributed by atoms with Gasteiger partial charge in [0.05, 0.1) is 0 Å². The van der Waals surface area contributed by atoms with Gasteiger partial charge >= 0.3 is 12.0 Å². The molecule has 2 aliphatic rings. The lowest BCUT2D eigenvalue weighted by atomic mass is 9.89. The predicted octanol–water partition coefficient (Wildman–Crippen LogP) is 2.45. The highest BCUT2D eigenvalue weighted by molar-refractivity contribution is 7.14. The van der Waals surface area contributed by atoms with Crippen LogP contribution in [-0.4, -0.2) is 36.1 Å². The summed E-state index contributed by atoms with van der Waals surface area (Å²) in [5.41, 5.74) is 2.33. The molecule has 0 bridgehead atoms. The van der Waals surface area contributed by atoms with Crippen molar-refractivity contribution in [2.75, 3.05) is 23.3 Å². The highest BCUT2D eigenvalue weighted by atomic mass is 32.1. The maximum Gasteiger partial charge on any atom is 0.345 e. The van der Waals surface area contributed by atoms with Crippen LogP contribution in [0.1, 0.15) is 32.5 Å². The second kappa shape index (κ2) is 5.89. The molecule has 25 heavy (non-hydrogen) atoms. The van der Waals surface area contributed by atoms with E-state index < -0.39 is 5.97 Å². The highest BCUT2D eigenvalue weighted by Crippen LogP contribution is 2.41. The number of aromatic carboxylic acids is 1. The van der Waals surface area contributed by atoms with Gasteiger partial charge in [0.2, 0.25) is 5.91 Å². The van der Waals surface area contributed by atoms with Crippen LogP contribution in [0.2, 0.25) is 0 Å². The topological polar surface area (TPSA) is 98.7 Å². The van der Waals surface area contributed by atoms with Gasteiger partial charge in [-0.05, 0) is 29.8 Å². The van der Waals surface area contributed by atoms with Gasteiger partial charge in [0.15, 0.2) is 0 Å². The Kier molecular flexibility index (Phi) is 3.69. The molecule has 1 fully saturated rings. The molecule has 0 aliphatic carbocycles. The first-order chi connectivity index (χ1) is 12.0. The molecule has 2 aliphatic heterocycles. The molecular weight excluding hydrogens is 342 g/mol. The number of hydrogen-bond donors (Lipinski definition) is 3. The van der Waals surface area contributed by atoms with E-state index in [1.807, 2.05) is 12.1 Å². The van der Waals surface area contributed by atoms with Crippen molar-refractivity contribution in [3.8, 4) is 0 Å². The number of rotatable bonds is 3. The molecule has 1 aromatic carbocycles. The van der Waals surface area contributed by atoms with E-state index in [2.05, 4.69) is 10.6 Å². The van der Waals surface area contributed by atoms with Crippen molar-refractivity contribution in [3.63, 3.8) is 0 Å². The summed E-state index contributed by atoms with van der Waals surface area (Å²) in [5.74, 6) is -1.26. The van der Waals surface area contributed by atoms with Gasteiger partial charge in [-0.3, -0.25) is 9.69 Å². The summed E-state index contributed by atoms with van der Waals surface area (Å²) in [6.07, 6.45) is 0.274. The number of anilines is 2. The smallest absolute Gasteiger partial charge is 0.345 e. The monoisotopic (exact) mass is 357 g/mol. The van der Waals surface area contributed by atoms with E-state index in [0.29, 0.717) is 18.8 Å². The van der Waals surface area contributed by atoms with Crippen LogP contribution in [-0.2, 0) is 4.79 Å². The summed E-state index contributed by atoms with van der Waals surface area (Å²) in [6, 6.07) is 8.75. The Morgan fingerprint density at radius 2 is 2.08 bits per heavy atom. The lowest BCUT2D eigenvalue weighted by molar-refractivity contribution is -0.116. The number of urea groups is 1. The van der Waals surface area contributed by atoms with Crippen molar-refractivity contribution in [3.05, 3.63) is 45.6 Å². The number of carboxylic acid groups (broad SMARTS) is 1. The Bertz CT molecular complexity index is 892. The van der Waals surface area contributed by atoms with Crippen molar-refractivity contribution in [1.82, 2.24) is 5.32 Å². The van der Waals surface area contributed by atoms with Gasteiger partial charge < -0.3 is 15.7 Å². The van der Waals surface area contributed by atoms with Gasteiger partial charge in [0.25, 0.3) is 0 Å². The van der Waals surface area contributed by atoms with Crippen LogP contribution in [0, 0.1) is 0 Å². The van der Waals surface area contributed by atoms with Crippen LogP contribution in [0.25, 0.3) is 0 Å². The number of carboxylic acids is 1. The summed E-state index contributed by atoms with van der Waals surface area (Å²) in [5, 5.41) is 14.7. The maximum atomic E-state index is 12.1. The Morgan fingerprint density at radius 3 is 2.76 bits per heavy atom. The maximum absolute atomic E-state index is 12.1. The predicted molar refractivity (Wildman–Crippen MR) is 93.6 cm³/mol. The van der Waals surface area contributed by atoms with Gasteiger partial charge in [-0.1, -0.05) is 6.07 Å². The van der Waals surface area contributed by atoms with Gasteiger partial charge in [0.1, 0.15) is 4.88 Å². The lowest BCUT2D eigenvalue weighted by Crippen LogP contribution is -2.28. The van der Waals surface area contributed by atoms with Crippen LogP contribution < -0.4 is 15.5 Å². The van der Waals surface area contributed by atoms with Gasteiger partial charge in [0, 0.05) is 41.7 Å². The minimum absolute atomic E-state index is 0.120. The average molecular weight is 357 g/mol. The van der Waals surface area contributed by atoms with E-state index in [-0.39, 0.29) is 29.2 Å². The van der Waals surface area contributed by atoms with Crippen molar-refractivity contribution in [1.29, 1.82) is 0 Å². The van der Waals surface area contributed by atoms with Crippen molar-refractivity contribution < 1.29 is 19.5 Å². The molecule has 3 N–H and O–H groups in total. The first-order valence-corrected chi connectivity index (χ1v) is 8.67. The summed E-state index contributed by atoms with van der Waals surface area (Å²) in [4.78, 5) is 37.8. The number of amides is 3. The number of fused-ring (bicyclic) bond motifs is 1. The molecule has 0 saturated carbocycles. The number of nitrogens with one attached hydrogen (secondary N) is 2. The van der Waals surface area contributed by atoms with Crippen LogP contribution in [0.5, 0.6) is 0 Å². The van der Waals surface area contributed by atoms with Crippen LogP contribution >= 0.6 is 11.3 Å². The SMILES string of the molecule is O=C1C[C@@H](c2ccc(C(=O)O)s2)c2ccc(N3CCNC3=O)cc2N1.